The first-order valence-corrected chi connectivity index (χ1v) is 9.67. The zero-order valence-corrected chi connectivity index (χ0v) is 15.6. The Morgan fingerprint density at radius 3 is 2.46 bits per heavy atom. The summed E-state index contributed by atoms with van der Waals surface area (Å²) in [6.45, 7) is 2.57. The topological polar surface area (TPSA) is 49.9 Å². The van der Waals surface area contributed by atoms with E-state index in [0.29, 0.717) is 39.3 Å². The largest absolute Gasteiger partial charge is 0.378 e. The Kier molecular flexibility index (Phi) is 5.39. The van der Waals surface area contributed by atoms with Crippen molar-refractivity contribution in [2.24, 2.45) is 0 Å². The SMILES string of the molecule is O=C(C1CCCN1C(=O)c1cc(-c2ccccc2)ccc1F)N1CCOCC1. The Bertz CT molecular complexity index is 865. The maximum absolute atomic E-state index is 14.5. The molecule has 2 fully saturated rings. The summed E-state index contributed by atoms with van der Waals surface area (Å²) in [6, 6.07) is 13.6. The number of carbonyl (C=O) groups excluding carboxylic acids is 2. The van der Waals surface area contributed by atoms with Crippen LogP contribution in [0.4, 0.5) is 4.39 Å². The van der Waals surface area contributed by atoms with E-state index in [0.717, 1.165) is 17.5 Å². The summed E-state index contributed by atoms with van der Waals surface area (Å²) in [7, 11) is 0. The van der Waals surface area contributed by atoms with Gasteiger partial charge in [-0.15, -0.1) is 0 Å². The summed E-state index contributed by atoms with van der Waals surface area (Å²) in [5.41, 5.74) is 1.71. The predicted octanol–water partition coefficient (Wildman–Crippen LogP) is 2.96. The summed E-state index contributed by atoms with van der Waals surface area (Å²) in [4.78, 5) is 29.3. The van der Waals surface area contributed by atoms with Crippen LogP contribution in [0, 0.1) is 5.82 Å². The van der Waals surface area contributed by atoms with Crippen molar-refractivity contribution < 1.29 is 18.7 Å². The minimum Gasteiger partial charge on any atom is -0.378 e. The van der Waals surface area contributed by atoms with Crippen molar-refractivity contribution in [2.75, 3.05) is 32.8 Å². The lowest BCUT2D eigenvalue weighted by Crippen LogP contribution is -2.51. The fourth-order valence-corrected chi connectivity index (χ4v) is 3.92. The Morgan fingerprint density at radius 1 is 0.964 bits per heavy atom. The van der Waals surface area contributed by atoms with E-state index in [2.05, 4.69) is 0 Å². The molecule has 0 radical (unpaired) electrons. The van der Waals surface area contributed by atoms with Crippen LogP contribution in [0.25, 0.3) is 11.1 Å². The average molecular weight is 382 g/mol. The van der Waals surface area contributed by atoms with E-state index in [9.17, 15) is 14.0 Å². The summed E-state index contributed by atoms with van der Waals surface area (Å²) in [5.74, 6) is -1.04. The molecule has 2 aromatic rings. The van der Waals surface area contributed by atoms with Gasteiger partial charge in [0.2, 0.25) is 5.91 Å². The molecule has 146 valence electrons. The van der Waals surface area contributed by atoms with E-state index in [1.165, 1.54) is 11.0 Å². The van der Waals surface area contributed by atoms with Gasteiger partial charge in [0.1, 0.15) is 11.9 Å². The molecule has 0 aromatic heterocycles. The first kappa shape index (κ1) is 18.6. The molecule has 6 heteroatoms. The first-order valence-electron chi connectivity index (χ1n) is 9.67. The van der Waals surface area contributed by atoms with Crippen LogP contribution in [-0.2, 0) is 9.53 Å². The van der Waals surface area contributed by atoms with Crippen LogP contribution in [0.1, 0.15) is 23.2 Å². The monoisotopic (exact) mass is 382 g/mol. The second kappa shape index (κ2) is 8.10. The van der Waals surface area contributed by atoms with E-state index >= 15 is 0 Å². The highest BCUT2D eigenvalue weighted by atomic mass is 19.1. The number of halogens is 1. The highest BCUT2D eigenvalue weighted by Gasteiger charge is 2.38. The molecule has 2 saturated heterocycles. The molecule has 0 bridgehead atoms. The molecule has 0 aliphatic carbocycles. The summed E-state index contributed by atoms with van der Waals surface area (Å²) in [6.07, 6.45) is 1.36. The number of carbonyl (C=O) groups is 2. The minimum absolute atomic E-state index is 0.0167. The van der Waals surface area contributed by atoms with Crippen molar-refractivity contribution in [1.82, 2.24) is 9.80 Å². The van der Waals surface area contributed by atoms with Crippen LogP contribution >= 0.6 is 0 Å². The number of nitrogens with zero attached hydrogens (tertiary/aromatic N) is 2. The molecule has 5 nitrogen and oxygen atoms in total. The van der Waals surface area contributed by atoms with Gasteiger partial charge in [-0.25, -0.2) is 4.39 Å². The number of hydrogen-bond donors (Lipinski definition) is 0. The molecule has 2 aromatic carbocycles. The lowest BCUT2D eigenvalue weighted by molar-refractivity contribution is -0.139. The smallest absolute Gasteiger partial charge is 0.257 e. The van der Waals surface area contributed by atoms with Crippen LogP contribution in [-0.4, -0.2) is 60.5 Å². The molecule has 1 unspecified atom stereocenters. The fourth-order valence-electron chi connectivity index (χ4n) is 3.92. The molecule has 1 atom stereocenters. The van der Waals surface area contributed by atoms with Gasteiger partial charge in [-0.3, -0.25) is 9.59 Å². The standard InChI is InChI=1S/C22H23FN2O3/c23-19-9-8-17(16-5-2-1-3-6-16)15-18(19)21(26)25-10-4-7-20(25)22(27)24-11-13-28-14-12-24/h1-3,5-6,8-9,15,20H,4,7,10-14H2. The third kappa shape index (κ3) is 3.64. The number of amides is 2. The van der Waals surface area contributed by atoms with Gasteiger partial charge >= 0.3 is 0 Å². The third-order valence-electron chi connectivity index (χ3n) is 5.43. The van der Waals surface area contributed by atoms with Gasteiger partial charge in [0.25, 0.3) is 5.91 Å². The van der Waals surface area contributed by atoms with Crippen molar-refractivity contribution in [3.8, 4) is 11.1 Å². The molecular weight excluding hydrogens is 359 g/mol. The van der Waals surface area contributed by atoms with Gasteiger partial charge in [-0.05, 0) is 36.1 Å². The van der Waals surface area contributed by atoms with Crippen LogP contribution in [0.3, 0.4) is 0 Å². The number of rotatable bonds is 3. The summed E-state index contributed by atoms with van der Waals surface area (Å²) in [5, 5.41) is 0. The Balaban J connectivity index is 1.58. The molecule has 0 spiro atoms. The normalized spacial score (nSPS) is 19.7. The molecule has 2 amide bonds. The molecule has 2 aliphatic heterocycles. The summed E-state index contributed by atoms with van der Waals surface area (Å²) >= 11 is 0. The van der Waals surface area contributed by atoms with Crippen molar-refractivity contribution in [3.63, 3.8) is 0 Å². The quantitative estimate of drug-likeness (QED) is 0.820. The van der Waals surface area contributed by atoms with E-state index in [1.807, 2.05) is 30.3 Å². The zero-order valence-electron chi connectivity index (χ0n) is 15.6. The van der Waals surface area contributed by atoms with E-state index in [-0.39, 0.29) is 11.5 Å². The van der Waals surface area contributed by atoms with Crippen LogP contribution < -0.4 is 0 Å². The average Bonchev–Trinajstić information content (AvgIpc) is 3.24. The second-order valence-corrected chi connectivity index (χ2v) is 7.15. The Hall–Kier alpha value is -2.73. The van der Waals surface area contributed by atoms with E-state index in [4.69, 9.17) is 4.74 Å². The molecule has 0 saturated carbocycles. The first-order chi connectivity index (χ1) is 13.6. The number of ether oxygens (including phenoxy) is 1. The van der Waals surface area contributed by atoms with Crippen molar-refractivity contribution in [1.29, 1.82) is 0 Å². The van der Waals surface area contributed by atoms with Gasteiger partial charge in [0.05, 0.1) is 18.8 Å². The van der Waals surface area contributed by atoms with E-state index < -0.39 is 17.8 Å². The summed E-state index contributed by atoms with van der Waals surface area (Å²) < 4.78 is 19.8. The van der Waals surface area contributed by atoms with Crippen molar-refractivity contribution >= 4 is 11.8 Å². The lowest BCUT2D eigenvalue weighted by atomic mass is 10.0. The van der Waals surface area contributed by atoms with Gasteiger partial charge < -0.3 is 14.5 Å². The van der Waals surface area contributed by atoms with Gasteiger partial charge in [-0.2, -0.15) is 0 Å². The minimum atomic E-state index is -0.561. The molecule has 2 heterocycles. The molecule has 0 N–H and O–H groups in total. The second-order valence-electron chi connectivity index (χ2n) is 7.15. The Morgan fingerprint density at radius 2 is 1.71 bits per heavy atom. The highest BCUT2D eigenvalue weighted by molar-refractivity contribution is 5.99. The van der Waals surface area contributed by atoms with Crippen LogP contribution in [0.15, 0.2) is 48.5 Å². The fraction of sp³-hybridized carbons (Fsp3) is 0.364. The maximum atomic E-state index is 14.5. The van der Waals surface area contributed by atoms with Gasteiger partial charge in [0.15, 0.2) is 0 Å². The van der Waals surface area contributed by atoms with Gasteiger partial charge in [-0.1, -0.05) is 36.4 Å². The highest BCUT2D eigenvalue weighted by Crippen LogP contribution is 2.26. The molecule has 28 heavy (non-hydrogen) atoms. The van der Waals surface area contributed by atoms with Crippen molar-refractivity contribution in [2.45, 2.75) is 18.9 Å². The third-order valence-corrected chi connectivity index (χ3v) is 5.43. The Labute approximate surface area is 163 Å². The predicted molar refractivity (Wildman–Crippen MR) is 103 cm³/mol. The van der Waals surface area contributed by atoms with Gasteiger partial charge in [0, 0.05) is 19.6 Å². The number of benzene rings is 2. The molecule has 4 rings (SSSR count). The lowest BCUT2D eigenvalue weighted by Gasteiger charge is -2.32. The molecular formula is C22H23FN2O3. The van der Waals surface area contributed by atoms with Crippen LogP contribution in [0.2, 0.25) is 0 Å². The van der Waals surface area contributed by atoms with Crippen molar-refractivity contribution in [3.05, 3.63) is 59.9 Å². The number of morpholine rings is 1. The van der Waals surface area contributed by atoms with E-state index in [1.54, 1.807) is 17.0 Å². The molecule has 2 aliphatic rings. The van der Waals surface area contributed by atoms with Crippen LogP contribution in [0.5, 0.6) is 0 Å². The number of likely N-dealkylation sites (tertiary alicyclic amines) is 1. The zero-order chi connectivity index (χ0) is 19.5. The maximum Gasteiger partial charge on any atom is 0.257 e. The number of hydrogen-bond acceptors (Lipinski definition) is 3.